The number of aliphatic hydroxyl groups is 1. The van der Waals surface area contributed by atoms with E-state index < -0.39 is 21.7 Å². The molecule has 3 N–H and O–H groups in total. The molecule has 1 atom stereocenters. The summed E-state index contributed by atoms with van der Waals surface area (Å²) in [7, 11) is -3.44. The second-order valence-corrected chi connectivity index (χ2v) is 8.00. The molecule has 0 aliphatic heterocycles. The minimum atomic E-state index is -3.44. The van der Waals surface area contributed by atoms with Crippen LogP contribution in [-0.4, -0.2) is 43.9 Å². The van der Waals surface area contributed by atoms with Gasteiger partial charge in [-0.3, -0.25) is 4.79 Å². The first-order valence-electron chi connectivity index (χ1n) is 7.09. The quantitative estimate of drug-likeness (QED) is 0.633. The fourth-order valence-electron chi connectivity index (χ4n) is 2.52. The van der Waals surface area contributed by atoms with Gasteiger partial charge in [-0.15, -0.1) is 0 Å². The minimum absolute atomic E-state index is 0.186. The molecule has 0 aromatic carbocycles. The molecular weight excluding hydrogens is 280 g/mol. The lowest BCUT2D eigenvalue weighted by Crippen LogP contribution is -2.50. The normalized spacial score (nSPS) is 20.1. The van der Waals surface area contributed by atoms with Crippen molar-refractivity contribution in [3.8, 4) is 0 Å². The predicted molar refractivity (Wildman–Crippen MR) is 77.7 cm³/mol. The maximum Gasteiger partial charge on any atom is 0.238 e. The van der Waals surface area contributed by atoms with E-state index >= 15 is 0 Å². The number of sulfonamides is 1. The van der Waals surface area contributed by atoms with E-state index in [-0.39, 0.29) is 18.4 Å². The van der Waals surface area contributed by atoms with E-state index in [2.05, 4.69) is 10.0 Å². The number of carbonyl (C=O) groups excluding carboxylic acids is 1. The molecule has 20 heavy (non-hydrogen) atoms. The van der Waals surface area contributed by atoms with Gasteiger partial charge in [0.15, 0.2) is 0 Å². The lowest BCUT2D eigenvalue weighted by atomic mass is 10.0. The van der Waals surface area contributed by atoms with Crippen LogP contribution in [0.2, 0.25) is 0 Å². The number of hydrogen-bond acceptors (Lipinski definition) is 4. The zero-order valence-electron chi connectivity index (χ0n) is 12.5. The molecule has 0 saturated heterocycles. The highest BCUT2D eigenvalue weighted by atomic mass is 32.2. The Kier molecular flexibility index (Phi) is 5.97. The van der Waals surface area contributed by atoms with E-state index in [9.17, 15) is 18.3 Å². The van der Waals surface area contributed by atoms with Crippen LogP contribution in [0, 0.1) is 5.92 Å². The Bertz CT molecular complexity index is 428. The lowest BCUT2D eigenvalue weighted by Gasteiger charge is -2.25. The van der Waals surface area contributed by atoms with Gasteiger partial charge in [0.25, 0.3) is 0 Å². The van der Waals surface area contributed by atoms with Gasteiger partial charge >= 0.3 is 0 Å². The molecule has 118 valence electrons. The predicted octanol–water partition coefficient (Wildman–Crippen LogP) is 0.372. The molecule has 0 aromatic rings. The summed E-state index contributed by atoms with van der Waals surface area (Å²) in [6, 6.07) is -0.782. The first-order chi connectivity index (χ1) is 9.11. The highest BCUT2D eigenvalue weighted by Gasteiger charge is 2.32. The third kappa shape index (κ3) is 6.19. The molecule has 1 fully saturated rings. The topological polar surface area (TPSA) is 95.5 Å². The average molecular weight is 306 g/mol. The van der Waals surface area contributed by atoms with Crippen LogP contribution < -0.4 is 10.0 Å². The van der Waals surface area contributed by atoms with Gasteiger partial charge in [-0.25, -0.2) is 13.1 Å². The number of hydrogen-bond donors (Lipinski definition) is 3. The molecule has 1 aliphatic carbocycles. The van der Waals surface area contributed by atoms with Crippen molar-refractivity contribution < 1.29 is 18.3 Å². The Labute approximate surface area is 121 Å². The fraction of sp³-hybridized carbons (Fsp3) is 0.923. The minimum Gasteiger partial charge on any atom is -0.388 e. The SMILES string of the molecule is CC(C)CC(NS(C)(=O)=O)C(=O)NCC1(O)CCCC1. The molecule has 0 radical (unpaired) electrons. The summed E-state index contributed by atoms with van der Waals surface area (Å²) in [5.74, 6) is -0.181. The Hall–Kier alpha value is -0.660. The molecule has 0 heterocycles. The van der Waals surface area contributed by atoms with Gasteiger partial charge in [0.2, 0.25) is 15.9 Å². The Balaban J connectivity index is 2.58. The Morgan fingerprint density at radius 3 is 2.30 bits per heavy atom. The van der Waals surface area contributed by atoms with Crippen LogP contribution in [0.15, 0.2) is 0 Å². The van der Waals surface area contributed by atoms with Crippen molar-refractivity contribution in [3.05, 3.63) is 0 Å². The van der Waals surface area contributed by atoms with E-state index in [4.69, 9.17) is 0 Å². The summed E-state index contributed by atoms with van der Waals surface area (Å²) in [4.78, 5) is 12.1. The first kappa shape index (κ1) is 17.4. The molecule has 1 unspecified atom stereocenters. The lowest BCUT2D eigenvalue weighted by molar-refractivity contribution is -0.124. The monoisotopic (exact) mass is 306 g/mol. The number of carbonyl (C=O) groups is 1. The highest BCUT2D eigenvalue weighted by molar-refractivity contribution is 7.88. The maximum absolute atomic E-state index is 12.1. The van der Waals surface area contributed by atoms with Gasteiger partial charge < -0.3 is 10.4 Å². The first-order valence-corrected chi connectivity index (χ1v) is 8.98. The van der Waals surface area contributed by atoms with Gasteiger partial charge in [0.05, 0.1) is 11.9 Å². The van der Waals surface area contributed by atoms with E-state index in [1.54, 1.807) is 0 Å². The molecule has 1 amide bonds. The van der Waals surface area contributed by atoms with Crippen LogP contribution in [0.1, 0.15) is 46.0 Å². The third-order valence-electron chi connectivity index (χ3n) is 3.51. The van der Waals surface area contributed by atoms with Crippen molar-refractivity contribution in [3.63, 3.8) is 0 Å². The summed E-state index contributed by atoms with van der Waals surface area (Å²) >= 11 is 0. The van der Waals surface area contributed by atoms with E-state index in [0.29, 0.717) is 19.3 Å². The molecule has 1 aliphatic rings. The number of rotatable bonds is 7. The molecule has 7 heteroatoms. The van der Waals surface area contributed by atoms with Crippen molar-refractivity contribution in [2.75, 3.05) is 12.8 Å². The second kappa shape index (κ2) is 6.87. The molecule has 0 spiro atoms. The van der Waals surface area contributed by atoms with Gasteiger partial charge in [-0.1, -0.05) is 26.7 Å². The fourth-order valence-corrected chi connectivity index (χ4v) is 3.24. The molecule has 1 rings (SSSR count). The van der Waals surface area contributed by atoms with E-state index in [1.165, 1.54) is 0 Å². The van der Waals surface area contributed by atoms with Crippen LogP contribution in [-0.2, 0) is 14.8 Å². The van der Waals surface area contributed by atoms with Crippen molar-refractivity contribution in [1.82, 2.24) is 10.0 Å². The van der Waals surface area contributed by atoms with Gasteiger partial charge in [-0.05, 0) is 25.2 Å². The van der Waals surface area contributed by atoms with Crippen LogP contribution in [0.25, 0.3) is 0 Å². The van der Waals surface area contributed by atoms with Crippen molar-refractivity contribution >= 4 is 15.9 Å². The van der Waals surface area contributed by atoms with Gasteiger partial charge in [0.1, 0.15) is 6.04 Å². The van der Waals surface area contributed by atoms with Crippen LogP contribution >= 0.6 is 0 Å². The molecule has 1 saturated carbocycles. The highest BCUT2D eigenvalue weighted by Crippen LogP contribution is 2.28. The van der Waals surface area contributed by atoms with Gasteiger partial charge in [0, 0.05) is 6.54 Å². The zero-order chi connectivity index (χ0) is 15.4. The van der Waals surface area contributed by atoms with Crippen LogP contribution in [0.3, 0.4) is 0 Å². The Morgan fingerprint density at radius 1 is 1.30 bits per heavy atom. The van der Waals surface area contributed by atoms with Crippen LogP contribution in [0.4, 0.5) is 0 Å². The molecular formula is C13H26N2O4S. The second-order valence-electron chi connectivity index (χ2n) is 6.22. The summed E-state index contributed by atoms with van der Waals surface area (Å²) < 4.78 is 25.0. The molecule has 0 aromatic heterocycles. The number of amides is 1. The summed E-state index contributed by atoms with van der Waals surface area (Å²) in [6.07, 6.45) is 4.76. The van der Waals surface area contributed by atoms with Crippen molar-refractivity contribution in [2.45, 2.75) is 57.6 Å². The zero-order valence-corrected chi connectivity index (χ0v) is 13.3. The standard InChI is InChI=1S/C13H26N2O4S/c1-10(2)8-11(15-20(3,18)19)12(16)14-9-13(17)6-4-5-7-13/h10-11,15,17H,4-9H2,1-3H3,(H,14,16). The average Bonchev–Trinajstić information content (AvgIpc) is 2.70. The molecule has 6 nitrogen and oxygen atoms in total. The van der Waals surface area contributed by atoms with Crippen LogP contribution in [0.5, 0.6) is 0 Å². The maximum atomic E-state index is 12.1. The van der Waals surface area contributed by atoms with Crippen molar-refractivity contribution in [1.29, 1.82) is 0 Å². The van der Waals surface area contributed by atoms with Crippen molar-refractivity contribution in [2.24, 2.45) is 5.92 Å². The molecule has 0 bridgehead atoms. The van der Waals surface area contributed by atoms with Gasteiger partial charge in [-0.2, -0.15) is 0 Å². The summed E-state index contributed by atoms with van der Waals surface area (Å²) in [5, 5.41) is 12.9. The summed E-state index contributed by atoms with van der Waals surface area (Å²) in [5.41, 5.74) is -0.830. The van der Waals surface area contributed by atoms with E-state index in [1.807, 2.05) is 13.8 Å². The smallest absolute Gasteiger partial charge is 0.238 e. The largest absolute Gasteiger partial charge is 0.388 e. The third-order valence-corrected chi connectivity index (χ3v) is 4.22. The Morgan fingerprint density at radius 2 is 1.85 bits per heavy atom. The number of nitrogens with one attached hydrogen (secondary N) is 2. The summed E-state index contributed by atoms with van der Waals surface area (Å²) in [6.45, 7) is 4.04. The van der Waals surface area contributed by atoms with E-state index in [0.717, 1.165) is 19.1 Å².